The Morgan fingerprint density at radius 2 is 2.55 bits per heavy atom. The molecule has 0 spiro atoms. The molecule has 0 radical (unpaired) electrons. The third kappa shape index (κ3) is 2.46. The Morgan fingerprint density at radius 1 is 1.73 bits per heavy atom. The van der Waals surface area contributed by atoms with Gasteiger partial charge in [0.05, 0.1) is 6.61 Å². The predicted molar refractivity (Wildman–Crippen MR) is 43.4 cm³/mol. The minimum absolute atomic E-state index is 0.102. The fraction of sp³-hybridized carbons (Fsp3) is 0.667. The first-order chi connectivity index (χ1) is 5.34. The van der Waals surface area contributed by atoms with Crippen LogP contribution in [-0.4, -0.2) is 18.5 Å². The summed E-state index contributed by atoms with van der Waals surface area (Å²) < 4.78 is 5.23. The molecule has 1 saturated heterocycles. The minimum Gasteiger partial charge on any atom is -0.370 e. The van der Waals surface area contributed by atoms with Gasteiger partial charge in [0, 0.05) is 6.42 Å². The number of Topliss-reactive ketones (excluding diaryl/α,β-unsaturated/α-hetero) is 1. The summed E-state index contributed by atoms with van der Waals surface area (Å²) in [7, 11) is 0. The number of hydrogen-bond acceptors (Lipinski definition) is 2. The van der Waals surface area contributed by atoms with E-state index in [0.717, 1.165) is 19.3 Å². The van der Waals surface area contributed by atoms with Crippen molar-refractivity contribution in [2.24, 2.45) is 0 Å². The van der Waals surface area contributed by atoms with Gasteiger partial charge in [-0.1, -0.05) is 6.08 Å². The van der Waals surface area contributed by atoms with Gasteiger partial charge in [-0.3, -0.25) is 4.79 Å². The highest BCUT2D eigenvalue weighted by atomic mass is 16.5. The van der Waals surface area contributed by atoms with Gasteiger partial charge in [-0.05, 0) is 19.3 Å². The number of allylic oxidation sites excluding steroid dienone is 1. The summed E-state index contributed by atoms with van der Waals surface area (Å²) in [6, 6.07) is 0. The monoisotopic (exact) mass is 154 g/mol. The Hall–Kier alpha value is -0.630. The summed E-state index contributed by atoms with van der Waals surface area (Å²) in [6.07, 6.45) is 5.24. The Labute approximate surface area is 67.2 Å². The summed E-state index contributed by atoms with van der Waals surface area (Å²) in [5, 5.41) is 0. The molecule has 1 fully saturated rings. The molecule has 1 heterocycles. The zero-order valence-electron chi connectivity index (χ0n) is 6.71. The molecule has 0 saturated carbocycles. The van der Waals surface area contributed by atoms with E-state index in [4.69, 9.17) is 4.74 Å². The fourth-order valence-electron chi connectivity index (χ4n) is 1.25. The SMILES string of the molecule is C=CCCCC1OCCC1=O. The molecule has 0 bridgehead atoms. The first-order valence-electron chi connectivity index (χ1n) is 4.10. The van der Waals surface area contributed by atoms with Crippen LogP contribution in [0, 0.1) is 0 Å². The van der Waals surface area contributed by atoms with Gasteiger partial charge in [0.25, 0.3) is 0 Å². The van der Waals surface area contributed by atoms with Crippen LogP contribution in [0.5, 0.6) is 0 Å². The third-order valence-electron chi connectivity index (χ3n) is 1.90. The van der Waals surface area contributed by atoms with Crippen LogP contribution in [0.15, 0.2) is 12.7 Å². The average Bonchev–Trinajstić information content (AvgIpc) is 2.37. The van der Waals surface area contributed by atoms with Crippen molar-refractivity contribution in [3.63, 3.8) is 0 Å². The maximum Gasteiger partial charge on any atom is 0.163 e. The van der Waals surface area contributed by atoms with Gasteiger partial charge in [-0.25, -0.2) is 0 Å². The van der Waals surface area contributed by atoms with E-state index in [0.29, 0.717) is 13.0 Å². The molecule has 1 aliphatic heterocycles. The molecular weight excluding hydrogens is 140 g/mol. The Balaban J connectivity index is 2.15. The number of unbranched alkanes of at least 4 members (excludes halogenated alkanes) is 1. The summed E-state index contributed by atoms with van der Waals surface area (Å²) >= 11 is 0. The zero-order valence-corrected chi connectivity index (χ0v) is 6.71. The van der Waals surface area contributed by atoms with Gasteiger partial charge < -0.3 is 4.74 Å². The average molecular weight is 154 g/mol. The molecule has 1 atom stereocenters. The maximum absolute atomic E-state index is 11.0. The van der Waals surface area contributed by atoms with E-state index < -0.39 is 0 Å². The second-order valence-electron chi connectivity index (χ2n) is 2.80. The van der Waals surface area contributed by atoms with Gasteiger partial charge >= 0.3 is 0 Å². The minimum atomic E-state index is -0.102. The van der Waals surface area contributed by atoms with Crippen LogP contribution >= 0.6 is 0 Å². The van der Waals surface area contributed by atoms with E-state index in [1.54, 1.807) is 0 Å². The van der Waals surface area contributed by atoms with Crippen LogP contribution in [0.4, 0.5) is 0 Å². The molecule has 1 rings (SSSR count). The lowest BCUT2D eigenvalue weighted by Crippen LogP contribution is -2.14. The molecule has 2 heteroatoms. The van der Waals surface area contributed by atoms with E-state index in [9.17, 15) is 4.79 Å². The Bertz CT molecular complexity index is 152. The number of carbonyl (C=O) groups excluding carboxylic acids is 1. The highest BCUT2D eigenvalue weighted by Gasteiger charge is 2.23. The van der Waals surface area contributed by atoms with E-state index >= 15 is 0 Å². The fourth-order valence-corrected chi connectivity index (χ4v) is 1.25. The molecule has 1 aliphatic rings. The lowest BCUT2D eigenvalue weighted by atomic mass is 10.1. The van der Waals surface area contributed by atoms with E-state index in [2.05, 4.69) is 6.58 Å². The number of ketones is 1. The van der Waals surface area contributed by atoms with E-state index in [1.807, 2.05) is 6.08 Å². The third-order valence-corrected chi connectivity index (χ3v) is 1.90. The van der Waals surface area contributed by atoms with Crippen molar-refractivity contribution in [2.45, 2.75) is 31.8 Å². The first-order valence-corrected chi connectivity index (χ1v) is 4.10. The van der Waals surface area contributed by atoms with Crippen molar-refractivity contribution in [2.75, 3.05) is 6.61 Å². The van der Waals surface area contributed by atoms with Crippen LogP contribution in [0.2, 0.25) is 0 Å². The van der Waals surface area contributed by atoms with Gasteiger partial charge in [-0.2, -0.15) is 0 Å². The maximum atomic E-state index is 11.0. The molecular formula is C9H14O2. The zero-order chi connectivity index (χ0) is 8.10. The molecule has 2 nitrogen and oxygen atoms in total. The second-order valence-corrected chi connectivity index (χ2v) is 2.80. The van der Waals surface area contributed by atoms with Crippen LogP contribution in [0.3, 0.4) is 0 Å². The summed E-state index contributed by atoms with van der Waals surface area (Å²) in [6.45, 7) is 4.24. The molecule has 0 aromatic rings. The van der Waals surface area contributed by atoms with Gasteiger partial charge in [0.1, 0.15) is 6.10 Å². The van der Waals surface area contributed by atoms with Crippen molar-refractivity contribution in [3.05, 3.63) is 12.7 Å². The van der Waals surface area contributed by atoms with Crippen molar-refractivity contribution in [1.82, 2.24) is 0 Å². The lowest BCUT2D eigenvalue weighted by Gasteiger charge is -2.05. The van der Waals surface area contributed by atoms with E-state index in [1.165, 1.54) is 0 Å². The molecule has 0 N–H and O–H groups in total. The van der Waals surface area contributed by atoms with Crippen LogP contribution < -0.4 is 0 Å². The Kier molecular flexibility index (Phi) is 3.30. The summed E-state index contributed by atoms with van der Waals surface area (Å²) in [5.41, 5.74) is 0. The van der Waals surface area contributed by atoms with Crippen molar-refractivity contribution in [1.29, 1.82) is 0 Å². The molecule has 0 amide bonds. The number of carbonyl (C=O) groups is 1. The van der Waals surface area contributed by atoms with Crippen molar-refractivity contribution in [3.8, 4) is 0 Å². The molecule has 11 heavy (non-hydrogen) atoms. The van der Waals surface area contributed by atoms with Gasteiger partial charge in [0.15, 0.2) is 5.78 Å². The molecule has 1 unspecified atom stereocenters. The molecule has 0 aliphatic carbocycles. The highest BCUT2D eigenvalue weighted by Crippen LogP contribution is 2.14. The normalized spacial score (nSPS) is 24.0. The molecule has 62 valence electrons. The number of rotatable bonds is 4. The number of hydrogen-bond donors (Lipinski definition) is 0. The second kappa shape index (κ2) is 4.29. The molecule has 0 aromatic heterocycles. The van der Waals surface area contributed by atoms with Crippen molar-refractivity contribution < 1.29 is 9.53 Å². The van der Waals surface area contributed by atoms with Gasteiger partial charge in [0.2, 0.25) is 0 Å². The summed E-state index contributed by atoms with van der Waals surface area (Å²) in [5.74, 6) is 0.272. The van der Waals surface area contributed by atoms with Crippen molar-refractivity contribution >= 4 is 5.78 Å². The van der Waals surface area contributed by atoms with Crippen LogP contribution in [-0.2, 0) is 9.53 Å². The Morgan fingerprint density at radius 3 is 3.09 bits per heavy atom. The largest absolute Gasteiger partial charge is 0.370 e. The highest BCUT2D eigenvalue weighted by molar-refractivity contribution is 5.84. The smallest absolute Gasteiger partial charge is 0.163 e. The molecule has 0 aromatic carbocycles. The van der Waals surface area contributed by atoms with Gasteiger partial charge in [-0.15, -0.1) is 6.58 Å². The number of ether oxygens (including phenoxy) is 1. The quantitative estimate of drug-likeness (QED) is 0.455. The van der Waals surface area contributed by atoms with Crippen LogP contribution in [0.25, 0.3) is 0 Å². The summed E-state index contributed by atoms with van der Waals surface area (Å²) in [4.78, 5) is 11.0. The topological polar surface area (TPSA) is 26.3 Å². The van der Waals surface area contributed by atoms with Crippen LogP contribution in [0.1, 0.15) is 25.7 Å². The first kappa shape index (κ1) is 8.47. The van der Waals surface area contributed by atoms with E-state index in [-0.39, 0.29) is 11.9 Å². The standard InChI is InChI=1S/C9H14O2/c1-2-3-4-5-9-8(10)6-7-11-9/h2,9H,1,3-7H2. The predicted octanol–water partition coefficient (Wildman–Crippen LogP) is 1.70. The lowest BCUT2D eigenvalue weighted by molar-refractivity contribution is -0.122.